The monoisotopic (exact) mass is 352 g/mol. The van der Waals surface area contributed by atoms with Gasteiger partial charge in [-0.05, 0) is 11.6 Å². The summed E-state index contributed by atoms with van der Waals surface area (Å²) in [6, 6.07) is 10.7. The highest BCUT2D eigenvalue weighted by Gasteiger charge is 2.32. The van der Waals surface area contributed by atoms with Crippen LogP contribution >= 0.6 is 0 Å². The molecule has 1 amide bonds. The zero-order chi connectivity index (χ0) is 17.9. The van der Waals surface area contributed by atoms with Gasteiger partial charge in [0.25, 0.3) is 0 Å². The smallest absolute Gasteiger partial charge is 0.229 e. The van der Waals surface area contributed by atoms with Gasteiger partial charge in [0, 0.05) is 50.6 Å². The van der Waals surface area contributed by atoms with Gasteiger partial charge in [0.05, 0.1) is 20.0 Å². The third-order valence-corrected chi connectivity index (χ3v) is 5.66. The lowest BCUT2D eigenvalue weighted by Crippen LogP contribution is -3.10. The van der Waals surface area contributed by atoms with Crippen molar-refractivity contribution in [2.75, 3.05) is 44.7 Å². The number of carbonyl (C=O) groups excluding carboxylic acids is 1. The zero-order valence-electron chi connectivity index (χ0n) is 15.3. The molecule has 2 aliphatic rings. The predicted molar refractivity (Wildman–Crippen MR) is 100 cm³/mol. The predicted octanol–water partition coefficient (Wildman–Crippen LogP) is 0.327. The van der Waals surface area contributed by atoms with Crippen LogP contribution in [0.2, 0.25) is 0 Å². The Morgan fingerprint density at radius 1 is 1.12 bits per heavy atom. The van der Waals surface area contributed by atoms with Gasteiger partial charge in [0.1, 0.15) is 6.04 Å². The minimum absolute atomic E-state index is 0.264. The first-order valence-electron chi connectivity index (χ1n) is 9.42. The Labute approximate surface area is 154 Å². The van der Waals surface area contributed by atoms with Crippen LogP contribution in [0.15, 0.2) is 42.7 Å². The average molecular weight is 352 g/mol. The van der Waals surface area contributed by atoms with Crippen molar-refractivity contribution in [3.63, 3.8) is 0 Å². The van der Waals surface area contributed by atoms with E-state index in [2.05, 4.69) is 46.2 Å². The summed E-state index contributed by atoms with van der Waals surface area (Å²) in [7, 11) is 2.21. The Balaban J connectivity index is 1.39. The van der Waals surface area contributed by atoms with Crippen LogP contribution in [0.25, 0.3) is 0 Å². The second-order valence-electron chi connectivity index (χ2n) is 7.22. The van der Waals surface area contributed by atoms with Gasteiger partial charge >= 0.3 is 0 Å². The number of aromatic nitrogens is 2. The molecule has 0 aliphatic carbocycles. The summed E-state index contributed by atoms with van der Waals surface area (Å²) in [5.41, 5.74) is 2.75. The molecule has 0 radical (unpaired) electrons. The molecule has 136 valence electrons. The minimum atomic E-state index is 0.264. The van der Waals surface area contributed by atoms with E-state index in [4.69, 9.17) is 0 Å². The van der Waals surface area contributed by atoms with E-state index in [1.54, 1.807) is 12.4 Å². The normalized spacial score (nSPS) is 22.8. The zero-order valence-corrected chi connectivity index (χ0v) is 15.3. The van der Waals surface area contributed by atoms with Gasteiger partial charge in [0.2, 0.25) is 11.9 Å². The van der Waals surface area contributed by atoms with E-state index in [1.807, 2.05) is 11.0 Å². The Hall–Kier alpha value is -2.47. The van der Waals surface area contributed by atoms with Crippen LogP contribution in [0.1, 0.15) is 23.6 Å². The largest absolute Gasteiger partial charge is 0.339 e. The van der Waals surface area contributed by atoms with Crippen molar-refractivity contribution in [3.05, 3.63) is 53.9 Å². The number of rotatable bonds is 3. The number of amides is 1. The van der Waals surface area contributed by atoms with Gasteiger partial charge in [-0.3, -0.25) is 4.79 Å². The van der Waals surface area contributed by atoms with Gasteiger partial charge in [-0.15, -0.1) is 0 Å². The number of nitrogens with one attached hydrogen (secondary N) is 1. The van der Waals surface area contributed by atoms with E-state index < -0.39 is 0 Å². The number of anilines is 1. The molecule has 1 aromatic heterocycles. The van der Waals surface area contributed by atoms with Crippen LogP contribution in [0.5, 0.6) is 0 Å². The second kappa shape index (κ2) is 7.41. The number of fused-ring (bicyclic) bond motifs is 1. The first kappa shape index (κ1) is 17.0. The lowest BCUT2D eigenvalue weighted by atomic mass is 9.91. The fraction of sp³-hybridized carbons (Fsp3) is 0.450. The quantitative estimate of drug-likeness (QED) is 0.865. The highest BCUT2D eigenvalue weighted by molar-refractivity contribution is 5.77. The maximum atomic E-state index is 12.9. The number of nitrogens with zero attached hydrogens (tertiary/aromatic N) is 4. The van der Waals surface area contributed by atoms with Gasteiger partial charge in [0.15, 0.2) is 0 Å². The molecule has 4 rings (SSSR count). The number of hydrogen-bond acceptors (Lipinski definition) is 4. The molecule has 2 aliphatic heterocycles. The van der Waals surface area contributed by atoms with Gasteiger partial charge in [-0.1, -0.05) is 24.3 Å². The molecule has 1 unspecified atom stereocenters. The number of carbonyl (C=O) groups is 1. The molecule has 0 bridgehead atoms. The van der Waals surface area contributed by atoms with Gasteiger partial charge in [-0.2, -0.15) is 0 Å². The van der Waals surface area contributed by atoms with Crippen molar-refractivity contribution in [2.24, 2.45) is 0 Å². The van der Waals surface area contributed by atoms with E-state index in [-0.39, 0.29) is 11.9 Å². The molecule has 0 spiro atoms. The number of piperazine rings is 1. The summed E-state index contributed by atoms with van der Waals surface area (Å²) in [6.07, 6.45) is 5.21. The number of benzene rings is 1. The molecular weight excluding hydrogens is 326 g/mol. The van der Waals surface area contributed by atoms with Crippen LogP contribution < -0.4 is 9.80 Å². The van der Waals surface area contributed by atoms with Crippen molar-refractivity contribution in [3.8, 4) is 0 Å². The van der Waals surface area contributed by atoms with Crippen molar-refractivity contribution < 1.29 is 9.69 Å². The standard InChI is InChI=1S/C20H25N5O/c1-23-10-7-16-5-2-3-6-17(16)18(23)15-19(26)24-11-13-25(14-12-24)20-21-8-4-9-22-20/h2-6,8-9,18H,7,10-15H2,1H3/p+1/t18-/m0/s1. The topological polar surface area (TPSA) is 53.8 Å². The minimum Gasteiger partial charge on any atom is -0.339 e. The van der Waals surface area contributed by atoms with Gasteiger partial charge < -0.3 is 14.7 Å². The SMILES string of the molecule is C[NH+]1CCc2ccccc2[C@@H]1CC(=O)N1CCN(c2ncccn2)CC1. The van der Waals surface area contributed by atoms with Crippen LogP contribution in [0.4, 0.5) is 5.95 Å². The highest BCUT2D eigenvalue weighted by atomic mass is 16.2. The van der Waals surface area contributed by atoms with E-state index in [9.17, 15) is 4.79 Å². The van der Waals surface area contributed by atoms with E-state index in [0.29, 0.717) is 6.42 Å². The van der Waals surface area contributed by atoms with Crippen LogP contribution in [-0.2, 0) is 11.2 Å². The maximum Gasteiger partial charge on any atom is 0.229 e. The molecule has 3 heterocycles. The Morgan fingerprint density at radius 3 is 2.62 bits per heavy atom. The van der Waals surface area contributed by atoms with Crippen molar-refractivity contribution in [1.29, 1.82) is 0 Å². The third kappa shape index (κ3) is 3.42. The van der Waals surface area contributed by atoms with E-state index in [1.165, 1.54) is 16.0 Å². The highest BCUT2D eigenvalue weighted by Crippen LogP contribution is 2.23. The van der Waals surface area contributed by atoms with Crippen molar-refractivity contribution >= 4 is 11.9 Å². The molecule has 26 heavy (non-hydrogen) atoms. The number of quaternary nitrogens is 1. The molecule has 6 heteroatoms. The number of likely N-dealkylation sites (N-methyl/N-ethyl adjacent to an activating group) is 1. The summed E-state index contributed by atoms with van der Waals surface area (Å²) < 4.78 is 0. The molecule has 2 atom stereocenters. The second-order valence-corrected chi connectivity index (χ2v) is 7.22. The molecule has 1 fully saturated rings. The van der Waals surface area contributed by atoms with Crippen LogP contribution in [-0.4, -0.2) is 60.5 Å². The Bertz CT molecular complexity index is 758. The van der Waals surface area contributed by atoms with Crippen LogP contribution in [0.3, 0.4) is 0 Å². The lowest BCUT2D eigenvalue weighted by Gasteiger charge is -2.36. The first-order chi connectivity index (χ1) is 12.7. The lowest BCUT2D eigenvalue weighted by molar-refractivity contribution is -0.914. The fourth-order valence-corrected chi connectivity index (χ4v) is 4.07. The molecule has 1 aromatic carbocycles. The maximum absolute atomic E-state index is 12.9. The first-order valence-corrected chi connectivity index (χ1v) is 9.42. The van der Waals surface area contributed by atoms with E-state index >= 15 is 0 Å². The summed E-state index contributed by atoms with van der Waals surface area (Å²) in [5.74, 6) is 1.02. The van der Waals surface area contributed by atoms with Gasteiger partial charge in [-0.25, -0.2) is 9.97 Å². The summed E-state index contributed by atoms with van der Waals surface area (Å²) in [6.45, 7) is 4.16. The Kier molecular flexibility index (Phi) is 4.84. The third-order valence-electron chi connectivity index (χ3n) is 5.66. The average Bonchev–Trinajstić information content (AvgIpc) is 2.71. The molecule has 1 N–H and O–H groups in total. The molecule has 6 nitrogen and oxygen atoms in total. The fourth-order valence-electron chi connectivity index (χ4n) is 4.07. The number of hydrogen-bond donors (Lipinski definition) is 1. The van der Waals surface area contributed by atoms with Crippen molar-refractivity contribution in [1.82, 2.24) is 14.9 Å². The van der Waals surface area contributed by atoms with E-state index in [0.717, 1.165) is 45.1 Å². The summed E-state index contributed by atoms with van der Waals surface area (Å²) in [4.78, 5) is 27.1. The molecule has 2 aromatic rings. The van der Waals surface area contributed by atoms with Crippen LogP contribution in [0, 0.1) is 0 Å². The molecule has 1 saturated heterocycles. The molecule has 0 saturated carbocycles. The van der Waals surface area contributed by atoms with Crippen molar-refractivity contribution in [2.45, 2.75) is 18.9 Å². The Morgan fingerprint density at radius 2 is 1.85 bits per heavy atom. The summed E-state index contributed by atoms with van der Waals surface area (Å²) >= 11 is 0. The molecular formula is C20H26N5O+. The summed E-state index contributed by atoms with van der Waals surface area (Å²) in [5, 5.41) is 0.